The van der Waals surface area contributed by atoms with E-state index in [0.29, 0.717) is 23.2 Å². The van der Waals surface area contributed by atoms with Gasteiger partial charge in [0, 0.05) is 17.5 Å². The summed E-state index contributed by atoms with van der Waals surface area (Å²) in [4.78, 5) is 25.3. The van der Waals surface area contributed by atoms with Crippen LogP contribution in [0.4, 0.5) is 5.69 Å². The van der Waals surface area contributed by atoms with Gasteiger partial charge in [0.15, 0.2) is 5.78 Å². The van der Waals surface area contributed by atoms with Gasteiger partial charge >= 0.3 is 0 Å². The number of hydrogen-bond acceptors (Lipinski definition) is 2. The van der Waals surface area contributed by atoms with Crippen molar-refractivity contribution in [2.45, 2.75) is 20.3 Å². The lowest BCUT2D eigenvalue weighted by Crippen LogP contribution is -2.15. The largest absolute Gasteiger partial charge is 0.321 e. The molecular weight excluding hydrogens is 322 g/mol. The van der Waals surface area contributed by atoms with Crippen LogP contribution >= 0.6 is 0 Å². The normalized spacial score (nSPS) is 10.4. The molecule has 0 saturated carbocycles. The number of benzene rings is 3. The molecule has 3 heteroatoms. The number of ketones is 1. The molecule has 1 amide bonds. The van der Waals surface area contributed by atoms with Crippen LogP contribution in [-0.2, 0) is 6.42 Å². The van der Waals surface area contributed by atoms with Gasteiger partial charge in [-0.1, -0.05) is 59.7 Å². The third-order valence-corrected chi connectivity index (χ3v) is 4.20. The lowest BCUT2D eigenvalue weighted by Gasteiger charge is -2.11. The van der Waals surface area contributed by atoms with Gasteiger partial charge in [0.1, 0.15) is 0 Å². The molecule has 0 aliphatic carbocycles. The maximum Gasteiger partial charge on any atom is 0.255 e. The molecule has 0 radical (unpaired) electrons. The molecule has 3 nitrogen and oxygen atoms in total. The summed E-state index contributed by atoms with van der Waals surface area (Å²) in [6, 6.07) is 22.4. The first-order valence-corrected chi connectivity index (χ1v) is 8.59. The highest BCUT2D eigenvalue weighted by atomic mass is 16.1. The van der Waals surface area contributed by atoms with Crippen molar-refractivity contribution in [2.24, 2.45) is 0 Å². The minimum Gasteiger partial charge on any atom is -0.321 e. The van der Waals surface area contributed by atoms with Crippen LogP contribution in [-0.4, -0.2) is 11.7 Å². The molecule has 0 spiro atoms. The second-order valence-electron chi connectivity index (χ2n) is 6.46. The Labute approximate surface area is 153 Å². The zero-order chi connectivity index (χ0) is 18.5. The molecule has 0 saturated heterocycles. The Morgan fingerprint density at radius 2 is 1.50 bits per heavy atom. The Morgan fingerprint density at radius 1 is 0.808 bits per heavy atom. The first kappa shape index (κ1) is 17.6. The molecule has 0 fully saturated rings. The van der Waals surface area contributed by atoms with Crippen molar-refractivity contribution in [3.8, 4) is 0 Å². The number of aryl methyl sites for hydroxylation is 2. The molecule has 3 rings (SSSR count). The minimum atomic E-state index is -0.218. The summed E-state index contributed by atoms with van der Waals surface area (Å²) in [5.74, 6) is -0.236. The third kappa shape index (κ3) is 4.25. The fraction of sp³-hybridized carbons (Fsp3) is 0.130. The molecule has 130 valence electrons. The van der Waals surface area contributed by atoms with Gasteiger partial charge in [-0.15, -0.1) is 0 Å². The van der Waals surface area contributed by atoms with Gasteiger partial charge in [0.05, 0.1) is 5.69 Å². The van der Waals surface area contributed by atoms with Crippen molar-refractivity contribution >= 4 is 17.4 Å². The summed E-state index contributed by atoms with van der Waals surface area (Å²) >= 11 is 0. The van der Waals surface area contributed by atoms with Crippen LogP contribution in [0.2, 0.25) is 0 Å². The van der Waals surface area contributed by atoms with Gasteiger partial charge in [-0.25, -0.2) is 0 Å². The molecule has 0 heterocycles. The van der Waals surface area contributed by atoms with Crippen LogP contribution in [0.1, 0.15) is 37.4 Å². The van der Waals surface area contributed by atoms with E-state index in [-0.39, 0.29) is 11.7 Å². The number of rotatable bonds is 5. The van der Waals surface area contributed by atoms with Gasteiger partial charge in [0.25, 0.3) is 5.91 Å². The third-order valence-electron chi connectivity index (χ3n) is 4.20. The quantitative estimate of drug-likeness (QED) is 0.664. The van der Waals surface area contributed by atoms with E-state index in [4.69, 9.17) is 0 Å². The first-order chi connectivity index (χ1) is 12.5. The van der Waals surface area contributed by atoms with Gasteiger partial charge < -0.3 is 5.32 Å². The number of nitrogens with one attached hydrogen (secondary N) is 1. The Morgan fingerprint density at radius 3 is 2.23 bits per heavy atom. The van der Waals surface area contributed by atoms with E-state index >= 15 is 0 Å². The van der Waals surface area contributed by atoms with Crippen molar-refractivity contribution in [2.75, 3.05) is 5.32 Å². The topological polar surface area (TPSA) is 46.2 Å². The molecule has 3 aromatic carbocycles. The maximum absolute atomic E-state index is 12.8. The molecular formula is C23H21NO2. The van der Waals surface area contributed by atoms with Crippen molar-refractivity contribution in [3.05, 3.63) is 101 Å². The van der Waals surface area contributed by atoms with Crippen molar-refractivity contribution < 1.29 is 9.59 Å². The van der Waals surface area contributed by atoms with E-state index in [1.54, 1.807) is 18.2 Å². The van der Waals surface area contributed by atoms with Crippen LogP contribution in [0.5, 0.6) is 0 Å². The van der Waals surface area contributed by atoms with Crippen LogP contribution in [0.25, 0.3) is 0 Å². The van der Waals surface area contributed by atoms with E-state index < -0.39 is 0 Å². The molecule has 0 bridgehead atoms. The fourth-order valence-corrected chi connectivity index (χ4v) is 2.92. The highest BCUT2D eigenvalue weighted by Gasteiger charge is 2.14. The lowest BCUT2D eigenvalue weighted by atomic mass is 10.00. The van der Waals surface area contributed by atoms with Crippen molar-refractivity contribution in [1.29, 1.82) is 0 Å². The number of carbonyl (C=O) groups excluding carboxylic acids is 2. The Bertz CT molecular complexity index is 960. The highest BCUT2D eigenvalue weighted by molar-refractivity contribution is 6.09. The summed E-state index contributed by atoms with van der Waals surface area (Å²) < 4.78 is 0. The molecule has 3 aromatic rings. The summed E-state index contributed by atoms with van der Waals surface area (Å²) in [5, 5.41) is 2.87. The molecule has 0 atom stereocenters. The van der Waals surface area contributed by atoms with Crippen LogP contribution in [0, 0.1) is 13.8 Å². The Hall–Kier alpha value is -3.20. The zero-order valence-electron chi connectivity index (χ0n) is 15.0. The second-order valence-corrected chi connectivity index (χ2v) is 6.46. The molecule has 0 unspecified atom stereocenters. The monoisotopic (exact) mass is 343 g/mol. The van der Waals surface area contributed by atoms with Gasteiger partial charge in [0.2, 0.25) is 0 Å². The summed E-state index contributed by atoms with van der Waals surface area (Å²) in [6.45, 7) is 3.94. The average molecular weight is 343 g/mol. The Balaban J connectivity index is 1.81. The number of Topliss-reactive ketones (excluding diaryl/α,β-unsaturated/α-hetero) is 1. The van der Waals surface area contributed by atoms with Gasteiger partial charge in [-0.05, 0) is 43.7 Å². The average Bonchev–Trinajstić information content (AvgIpc) is 2.62. The fourth-order valence-electron chi connectivity index (χ4n) is 2.92. The van der Waals surface area contributed by atoms with Crippen molar-refractivity contribution in [3.63, 3.8) is 0 Å². The molecule has 0 aliphatic rings. The number of amides is 1. The summed E-state index contributed by atoms with van der Waals surface area (Å²) in [6.07, 6.45) is 0.305. The van der Waals surface area contributed by atoms with E-state index in [2.05, 4.69) is 5.32 Å². The lowest BCUT2D eigenvalue weighted by molar-refractivity contribution is 0.0994. The van der Waals surface area contributed by atoms with E-state index in [9.17, 15) is 9.59 Å². The standard InChI is InChI=1S/C23H21NO2/c1-16-7-5-9-18(13-16)15-22(25)20-11-3-4-12-21(20)24-23(26)19-10-6-8-17(2)14-19/h3-14H,15H2,1-2H3,(H,24,26). The summed E-state index contributed by atoms with van der Waals surface area (Å²) in [7, 11) is 0. The second kappa shape index (κ2) is 7.79. The number of para-hydroxylation sites is 1. The highest BCUT2D eigenvalue weighted by Crippen LogP contribution is 2.19. The minimum absolute atomic E-state index is 0.0178. The number of anilines is 1. The predicted octanol–water partition coefficient (Wildman–Crippen LogP) is 4.98. The first-order valence-electron chi connectivity index (χ1n) is 8.59. The van der Waals surface area contributed by atoms with E-state index in [1.807, 2.05) is 68.4 Å². The molecule has 0 aromatic heterocycles. The molecule has 26 heavy (non-hydrogen) atoms. The van der Waals surface area contributed by atoms with E-state index in [0.717, 1.165) is 16.7 Å². The SMILES string of the molecule is Cc1cccc(CC(=O)c2ccccc2NC(=O)c2cccc(C)c2)c1. The molecule has 1 N–H and O–H groups in total. The predicted molar refractivity (Wildman–Crippen MR) is 105 cm³/mol. The molecule has 0 aliphatic heterocycles. The summed E-state index contributed by atoms with van der Waals surface area (Å²) in [5.41, 5.74) is 4.74. The van der Waals surface area contributed by atoms with Gasteiger partial charge in [-0.2, -0.15) is 0 Å². The number of hydrogen-bond donors (Lipinski definition) is 1. The van der Waals surface area contributed by atoms with Crippen LogP contribution in [0.15, 0.2) is 72.8 Å². The Kier molecular flexibility index (Phi) is 5.28. The zero-order valence-corrected chi connectivity index (χ0v) is 15.0. The number of carbonyl (C=O) groups is 2. The van der Waals surface area contributed by atoms with E-state index in [1.165, 1.54) is 0 Å². The maximum atomic E-state index is 12.8. The van der Waals surface area contributed by atoms with Crippen LogP contribution < -0.4 is 5.32 Å². The smallest absolute Gasteiger partial charge is 0.255 e. The van der Waals surface area contributed by atoms with Crippen LogP contribution in [0.3, 0.4) is 0 Å². The van der Waals surface area contributed by atoms with Crippen molar-refractivity contribution in [1.82, 2.24) is 0 Å². The van der Waals surface area contributed by atoms with Gasteiger partial charge in [-0.3, -0.25) is 9.59 Å².